The number of hydrogen-bond acceptors (Lipinski definition) is 3. The second-order valence-corrected chi connectivity index (χ2v) is 5.48. The Kier molecular flexibility index (Phi) is 5.39. The van der Waals surface area contributed by atoms with Crippen LogP contribution < -0.4 is 5.32 Å². The fourth-order valence-corrected chi connectivity index (χ4v) is 2.71. The molecule has 4 heteroatoms. The van der Waals surface area contributed by atoms with Crippen LogP contribution in [0.25, 0.3) is 0 Å². The third-order valence-corrected chi connectivity index (χ3v) is 4.17. The highest BCUT2D eigenvalue weighted by Crippen LogP contribution is 2.40. The molecule has 1 aromatic carbocycles. The molecule has 0 radical (unpaired) electrons. The average molecular weight is 288 g/mol. The maximum Gasteiger partial charge on any atom is 0.253 e. The van der Waals surface area contributed by atoms with Crippen LogP contribution in [0, 0.1) is 5.92 Å². The summed E-state index contributed by atoms with van der Waals surface area (Å²) in [4.78, 5) is 17.7. The van der Waals surface area contributed by atoms with Crippen molar-refractivity contribution < 1.29 is 9.63 Å². The minimum atomic E-state index is -0.116. The Hall–Kier alpha value is -1.81. The van der Waals surface area contributed by atoms with E-state index in [1.54, 1.807) is 7.05 Å². The standard InChI is InChI=1S/C17H24N2O2/c1-4-11-18-15-10-6-9-14(12-15)16(13-7-5-8-13)17(20)19(2)21-3/h4,6,9-10,12-13,16,18H,1,5,7-8,11H2,2-3H3. The first-order chi connectivity index (χ1) is 10.2. The lowest BCUT2D eigenvalue weighted by Crippen LogP contribution is -2.36. The van der Waals surface area contributed by atoms with Gasteiger partial charge in [0.05, 0.1) is 13.0 Å². The van der Waals surface area contributed by atoms with Crippen LogP contribution in [0.15, 0.2) is 36.9 Å². The Labute approximate surface area is 126 Å². The van der Waals surface area contributed by atoms with Gasteiger partial charge in [-0.2, -0.15) is 0 Å². The number of amides is 1. The minimum absolute atomic E-state index is 0.0306. The largest absolute Gasteiger partial charge is 0.382 e. The van der Waals surface area contributed by atoms with Crippen molar-refractivity contribution >= 4 is 11.6 Å². The van der Waals surface area contributed by atoms with E-state index in [0.717, 1.165) is 24.1 Å². The van der Waals surface area contributed by atoms with E-state index in [2.05, 4.69) is 18.0 Å². The molecule has 2 rings (SSSR count). The van der Waals surface area contributed by atoms with E-state index in [1.807, 2.05) is 24.3 Å². The monoisotopic (exact) mass is 288 g/mol. The van der Waals surface area contributed by atoms with Gasteiger partial charge in [-0.15, -0.1) is 6.58 Å². The van der Waals surface area contributed by atoms with Gasteiger partial charge < -0.3 is 5.32 Å². The maximum atomic E-state index is 12.6. The zero-order valence-corrected chi connectivity index (χ0v) is 12.8. The summed E-state index contributed by atoms with van der Waals surface area (Å²) < 4.78 is 0. The van der Waals surface area contributed by atoms with Gasteiger partial charge in [-0.25, -0.2) is 5.06 Å². The first-order valence-electron chi connectivity index (χ1n) is 7.43. The van der Waals surface area contributed by atoms with E-state index in [1.165, 1.54) is 18.6 Å². The van der Waals surface area contributed by atoms with Crippen LogP contribution in [0.4, 0.5) is 5.69 Å². The molecule has 0 aliphatic heterocycles. The molecule has 114 valence electrons. The molecule has 1 atom stereocenters. The van der Waals surface area contributed by atoms with Crippen LogP contribution in [-0.2, 0) is 9.63 Å². The quantitative estimate of drug-likeness (QED) is 0.619. The fourth-order valence-electron chi connectivity index (χ4n) is 2.71. The number of hydrogen-bond donors (Lipinski definition) is 1. The number of benzene rings is 1. The molecule has 0 saturated heterocycles. The number of nitrogens with one attached hydrogen (secondary N) is 1. The average Bonchev–Trinajstić information content (AvgIpc) is 2.47. The Morgan fingerprint density at radius 1 is 1.57 bits per heavy atom. The van der Waals surface area contributed by atoms with Gasteiger partial charge in [0.1, 0.15) is 0 Å². The highest BCUT2D eigenvalue weighted by molar-refractivity contribution is 5.83. The summed E-state index contributed by atoms with van der Waals surface area (Å²) in [6.45, 7) is 4.42. The molecule has 0 aromatic heterocycles. The Morgan fingerprint density at radius 3 is 2.90 bits per heavy atom. The Morgan fingerprint density at radius 2 is 2.33 bits per heavy atom. The van der Waals surface area contributed by atoms with Gasteiger partial charge in [0.25, 0.3) is 5.91 Å². The molecule has 1 aliphatic rings. The van der Waals surface area contributed by atoms with Gasteiger partial charge in [-0.05, 0) is 36.5 Å². The van der Waals surface area contributed by atoms with Gasteiger partial charge in [-0.1, -0.05) is 24.6 Å². The highest BCUT2D eigenvalue weighted by atomic mass is 16.7. The number of carbonyl (C=O) groups is 1. The normalized spacial score (nSPS) is 15.9. The number of likely N-dealkylation sites (N-methyl/N-ethyl adjacent to an activating group) is 1. The van der Waals surface area contributed by atoms with Gasteiger partial charge in [0.15, 0.2) is 0 Å². The second kappa shape index (κ2) is 7.27. The third kappa shape index (κ3) is 3.64. The third-order valence-electron chi connectivity index (χ3n) is 4.17. The van der Waals surface area contributed by atoms with Crippen molar-refractivity contribution in [3.05, 3.63) is 42.5 Å². The number of nitrogens with zero attached hydrogens (tertiary/aromatic N) is 1. The molecule has 1 N–H and O–H groups in total. The zero-order chi connectivity index (χ0) is 15.2. The van der Waals surface area contributed by atoms with E-state index in [-0.39, 0.29) is 11.8 Å². The van der Waals surface area contributed by atoms with Crippen LogP contribution in [0.5, 0.6) is 0 Å². The lowest BCUT2D eigenvalue weighted by molar-refractivity contribution is -0.172. The molecule has 0 spiro atoms. The lowest BCUT2D eigenvalue weighted by Gasteiger charge is -2.35. The van der Waals surface area contributed by atoms with Crippen LogP contribution in [-0.4, -0.2) is 31.7 Å². The van der Waals surface area contributed by atoms with Gasteiger partial charge in [-0.3, -0.25) is 9.63 Å². The molecular formula is C17H24N2O2. The molecule has 21 heavy (non-hydrogen) atoms. The molecule has 1 amide bonds. The van der Waals surface area contributed by atoms with Crippen molar-refractivity contribution in [1.29, 1.82) is 0 Å². The molecule has 1 unspecified atom stereocenters. The van der Waals surface area contributed by atoms with Crippen molar-refractivity contribution in [3.8, 4) is 0 Å². The van der Waals surface area contributed by atoms with Gasteiger partial charge in [0.2, 0.25) is 0 Å². The van der Waals surface area contributed by atoms with Crippen molar-refractivity contribution in [2.24, 2.45) is 5.92 Å². The Bertz CT molecular complexity index is 497. The summed E-state index contributed by atoms with van der Waals surface area (Å²) in [5.41, 5.74) is 2.08. The van der Waals surface area contributed by atoms with Crippen molar-refractivity contribution in [1.82, 2.24) is 5.06 Å². The van der Waals surface area contributed by atoms with Crippen LogP contribution >= 0.6 is 0 Å². The molecule has 1 fully saturated rings. The smallest absolute Gasteiger partial charge is 0.253 e. The summed E-state index contributed by atoms with van der Waals surface area (Å²) >= 11 is 0. The topological polar surface area (TPSA) is 41.6 Å². The molecular weight excluding hydrogens is 264 g/mol. The maximum absolute atomic E-state index is 12.6. The minimum Gasteiger partial charge on any atom is -0.382 e. The lowest BCUT2D eigenvalue weighted by atomic mass is 9.72. The summed E-state index contributed by atoms with van der Waals surface area (Å²) in [7, 11) is 3.20. The Balaban J connectivity index is 2.23. The van der Waals surface area contributed by atoms with Crippen molar-refractivity contribution in [2.45, 2.75) is 25.2 Å². The highest BCUT2D eigenvalue weighted by Gasteiger charge is 2.35. The van der Waals surface area contributed by atoms with Crippen molar-refractivity contribution in [3.63, 3.8) is 0 Å². The van der Waals surface area contributed by atoms with E-state index in [4.69, 9.17) is 4.84 Å². The predicted octanol–water partition coefficient (Wildman–Crippen LogP) is 3.19. The summed E-state index contributed by atoms with van der Waals surface area (Å²) in [5.74, 6) is 0.335. The zero-order valence-electron chi connectivity index (χ0n) is 12.8. The molecule has 1 aromatic rings. The molecule has 0 heterocycles. The van der Waals surface area contributed by atoms with Crippen molar-refractivity contribution in [2.75, 3.05) is 26.0 Å². The molecule has 1 saturated carbocycles. The van der Waals surface area contributed by atoms with E-state index in [9.17, 15) is 4.79 Å². The number of anilines is 1. The van der Waals surface area contributed by atoms with Crippen LogP contribution in [0.1, 0.15) is 30.7 Å². The van der Waals surface area contributed by atoms with E-state index < -0.39 is 0 Å². The molecule has 4 nitrogen and oxygen atoms in total. The number of carbonyl (C=O) groups excluding carboxylic acids is 1. The summed E-state index contributed by atoms with van der Waals surface area (Å²) in [6, 6.07) is 8.10. The van der Waals surface area contributed by atoms with Crippen LogP contribution in [0.2, 0.25) is 0 Å². The number of hydroxylamine groups is 2. The van der Waals surface area contributed by atoms with Gasteiger partial charge in [0, 0.05) is 19.3 Å². The van der Waals surface area contributed by atoms with E-state index >= 15 is 0 Å². The fraction of sp³-hybridized carbons (Fsp3) is 0.471. The molecule has 1 aliphatic carbocycles. The second-order valence-electron chi connectivity index (χ2n) is 5.48. The SMILES string of the molecule is C=CCNc1cccc(C(C(=O)N(C)OC)C2CCC2)c1. The van der Waals surface area contributed by atoms with Crippen LogP contribution in [0.3, 0.4) is 0 Å². The molecule has 0 bridgehead atoms. The first-order valence-corrected chi connectivity index (χ1v) is 7.43. The first kappa shape index (κ1) is 15.6. The number of rotatable bonds is 7. The van der Waals surface area contributed by atoms with Gasteiger partial charge >= 0.3 is 0 Å². The summed E-state index contributed by atoms with van der Waals surface area (Å²) in [5, 5.41) is 4.61. The predicted molar refractivity (Wildman–Crippen MR) is 85.0 cm³/mol. The van der Waals surface area contributed by atoms with E-state index in [0.29, 0.717) is 12.5 Å². The summed E-state index contributed by atoms with van der Waals surface area (Å²) in [6.07, 6.45) is 5.25.